The second kappa shape index (κ2) is 6.87. The standard InChI is InChI=1S/C21H19ClF2N2O2/c1-13-9-10-16-17(25-13)7-4-8-18(16)26-19(20(12-22)21(23,24)28-20)14-5-3-6-15(11-14)27-2/h3-11,19,26H,12H2,1-2H3. The molecular formula is C21H19ClF2N2O2. The van der Waals surface area contributed by atoms with E-state index in [9.17, 15) is 8.78 Å². The molecule has 2 aromatic carbocycles. The van der Waals surface area contributed by atoms with Crippen molar-refractivity contribution in [2.45, 2.75) is 24.7 Å². The third-order valence-corrected chi connectivity index (χ3v) is 5.42. The summed E-state index contributed by atoms with van der Waals surface area (Å²) in [6.45, 7) is 1.90. The van der Waals surface area contributed by atoms with Gasteiger partial charge < -0.3 is 10.1 Å². The van der Waals surface area contributed by atoms with Crippen molar-refractivity contribution in [2.24, 2.45) is 0 Å². The molecular weight excluding hydrogens is 386 g/mol. The molecule has 1 saturated heterocycles. The van der Waals surface area contributed by atoms with Crippen molar-refractivity contribution in [3.8, 4) is 5.75 Å². The molecule has 2 unspecified atom stereocenters. The van der Waals surface area contributed by atoms with E-state index in [1.165, 1.54) is 7.11 Å². The molecule has 146 valence electrons. The van der Waals surface area contributed by atoms with E-state index in [1.54, 1.807) is 24.3 Å². The van der Waals surface area contributed by atoms with Crippen LogP contribution < -0.4 is 10.1 Å². The Morgan fingerprint density at radius 3 is 2.61 bits per heavy atom. The van der Waals surface area contributed by atoms with Crippen LogP contribution in [0.25, 0.3) is 10.9 Å². The van der Waals surface area contributed by atoms with Crippen LogP contribution in [0.3, 0.4) is 0 Å². The predicted octanol–water partition coefficient (Wildman–Crippen LogP) is 5.31. The van der Waals surface area contributed by atoms with Crippen molar-refractivity contribution in [1.82, 2.24) is 4.98 Å². The first-order valence-corrected chi connectivity index (χ1v) is 9.34. The van der Waals surface area contributed by atoms with Crippen LogP contribution in [0.5, 0.6) is 5.75 Å². The van der Waals surface area contributed by atoms with Crippen LogP contribution in [0.1, 0.15) is 17.3 Å². The molecule has 0 spiro atoms. The van der Waals surface area contributed by atoms with Crippen LogP contribution in [-0.4, -0.2) is 29.7 Å². The molecule has 2 atom stereocenters. The third-order valence-electron chi connectivity index (χ3n) is 5.02. The number of nitrogens with zero attached hydrogens (tertiary/aromatic N) is 1. The van der Waals surface area contributed by atoms with E-state index < -0.39 is 17.8 Å². The maximum atomic E-state index is 14.2. The van der Waals surface area contributed by atoms with Gasteiger partial charge in [0, 0.05) is 16.8 Å². The highest BCUT2D eigenvalue weighted by atomic mass is 35.5. The summed E-state index contributed by atoms with van der Waals surface area (Å²) in [5.74, 6) is 0.199. The van der Waals surface area contributed by atoms with Gasteiger partial charge in [-0.05, 0) is 48.9 Å². The summed E-state index contributed by atoms with van der Waals surface area (Å²) in [6.07, 6.45) is -3.32. The van der Waals surface area contributed by atoms with Gasteiger partial charge in [-0.2, -0.15) is 8.78 Å². The Kier molecular flexibility index (Phi) is 4.63. The number of pyridine rings is 1. The number of hydrogen-bond donors (Lipinski definition) is 1. The van der Waals surface area contributed by atoms with Crippen LogP contribution in [-0.2, 0) is 4.74 Å². The van der Waals surface area contributed by atoms with Crippen LogP contribution in [0.4, 0.5) is 14.5 Å². The summed E-state index contributed by atoms with van der Waals surface area (Å²) < 4.78 is 38.6. The highest BCUT2D eigenvalue weighted by Gasteiger charge is 2.77. The van der Waals surface area contributed by atoms with E-state index in [0.717, 1.165) is 16.6 Å². The molecule has 1 N–H and O–H groups in total. The molecule has 1 fully saturated rings. The topological polar surface area (TPSA) is 46.7 Å². The minimum Gasteiger partial charge on any atom is -0.497 e. The quantitative estimate of drug-likeness (QED) is 0.447. The van der Waals surface area contributed by atoms with Crippen molar-refractivity contribution in [3.05, 3.63) is 65.9 Å². The number of aromatic nitrogens is 1. The minimum atomic E-state index is -3.32. The first-order valence-electron chi connectivity index (χ1n) is 8.81. The maximum Gasteiger partial charge on any atom is 0.389 e. The lowest BCUT2D eigenvalue weighted by Gasteiger charge is -2.26. The number of rotatable bonds is 6. The maximum absolute atomic E-state index is 14.2. The molecule has 0 amide bonds. The van der Waals surface area contributed by atoms with Crippen molar-refractivity contribution >= 4 is 28.2 Å². The molecule has 7 heteroatoms. The van der Waals surface area contributed by atoms with Crippen LogP contribution in [0, 0.1) is 6.92 Å². The van der Waals surface area contributed by atoms with Crippen molar-refractivity contribution in [2.75, 3.05) is 18.3 Å². The average Bonchev–Trinajstić information content (AvgIpc) is 3.27. The molecule has 0 aliphatic carbocycles. The van der Waals surface area contributed by atoms with Gasteiger partial charge in [-0.15, -0.1) is 11.6 Å². The monoisotopic (exact) mass is 404 g/mol. The van der Waals surface area contributed by atoms with E-state index in [2.05, 4.69) is 10.3 Å². The zero-order valence-corrected chi connectivity index (χ0v) is 16.1. The van der Waals surface area contributed by atoms with Crippen LogP contribution in [0.2, 0.25) is 0 Å². The summed E-state index contributed by atoms with van der Waals surface area (Å²) >= 11 is 5.98. The lowest BCUT2D eigenvalue weighted by atomic mass is 9.92. The highest BCUT2D eigenvalue weighted by molar-refractivity contribution is 6.19. The highest BCUT2D eigenvalue weighted by Crippen LogP contribution is 2.59. The number of anilines is 1. The second-order valence-corrected chi connectivity index (χ2v) is 7.09. The Morgan fingerprint density at radius 2 is 1.93 bits per heavy atom. The third kappa shape index (κ3) is 3.06. The van der Waals surface area contributed by atoms with Gasteiger partial charge in [0.2, 0.25) is 5.60 Å². The van der Waals surface area contributed by atoms with Gasteiger partial charge in [0.05, 0.1) is 24.5 Å². The largest absolute Gasteiger partial charge is 0.497 e. The zero-order chi connectivity index (χ0) is 19.9. The van der Waals surface area contributed by atoms with Gasteiger partial charge in [-0.25, -0.2) is 0 Å². The molecule has 0 radical (unpaired) electrons. The normalized spacial score (nSPS) is 21.3. The van der Waals surface area contributed by atoms with Gasteiger partial charge in [-0.1, -0.05) is 18.2 Å². The predicted molar refractivity (Wildman–Crippen MR) is 105 cm³/mol. The minimum absolute atomic E-state index is 0.364. The van der Waals surface area contributed by atoms with E-state index >= 15 is 0 Å². The zero-order valence-electron chi connectivity index (χ0n) is 15.4. The fourth-order valence-electron chi connectivity index (χ4n) is 3.44. The van der Waals surface area contributed by atoms with E-state index in [4.69, 9.17) is 21.1 Å². The van der Waals surface area contributed by atoms with Crippen molar-refractivity contribution in [1.29, 1.82) is 0 Å². The van der Waals surface area contributed by atoms with Crippen molar-refractivity contribution < 1.29 is 18.3 Å². The Morgan fingerprint density at radius 1 is 1.18 bits per heavy atom. The molecule has 2 heterocycles. The van der Waals surface area contributed by atoms with Gasteiger partial charge >= 0.3 is 6.11 Å². The molecule has 4 nitrogen and oxygen atoms in total. The Hall–Kier alpha value is -2.44. The number of epoxide rings is 1. The van der Waals surface area contributed by atoms with Gasteiger partial charge in [0.25, 0.3) is 0 Å². The number of nitrogens with one attached hydrogen (secondary N) is 1. The van der Waals surface area contributed by atoms with Crippen LogP contribution >= 0.6 is 11.6 Å². The Balaban J connectivity index is 1.81. The number of benzene rings is 2. The Labute approximate surface area is 166 Å². The molecule has 1 aliphatic heterocycles. The van der Waals surface area contributed by atoms with E-state index in [-0.39, 0.29) is 5.88 Å². The van der Waals surface area contributed by atoms with Gasteiger partial charge in [0.15, 0.2) is 0 Å². The summed E-state index contributed by atoms with van der Waals surface area (Å²) in [5, 5.41) is 4.06. The first kappa shape index (κ1) is 18.9. The lowest BCUT2D eigenvalue weighted by molar-refractivity contribution is 0.000661. The van der Waals surface area contributed by atoms with E-state index in [0.29, 0.717) is 17.0 Å². The number of alkyl halides is 3. The van der Waals surface area contributed by atoms with E-state index in [1.807, 2.05) is 37.3 Å². The molecule has 28 heavy (non-hydrogen) atoms. The second-order valence-electron chi connectivity index (χ2n) is 6.82. The molecule has 1 aliphatic rings. The van der Waals surface area contributed by atoms with Crippen molar-refractivity contribution in [3.63, 3.8) is 0 Å². The summed E-state index contributed by atoms with van der Waals surface area (Å²) in [4.78, 5) is 4.50. The molecule has 4 rings (SSSR count). The first-order chi connectivity index (χ1) is 13.4. The number of methoxy groups -OCH3 is 1. The van der Waals surface area contributed by atoms with Crippen LogP contribution in [0.15, 0.2) is 54.6 Å². The molecule has 1 aromatic heterocycles. The number of ether oxygens (including phenoxy) is 2. The molecule has 3 aromatic rings. The number of aryl methyl sites for hydroxylation is 1. The average molecular weight is 405 g/mol. The number of halogens is 3. The summed E-state index contributed by atoms with van der Waals surface area (Å²) in [6, 6.07) is 15.4. The summed E-state index contributed by atoms with van der Waals surface area (Å²) in [7, 11) is 1.53. The fraction of sp³-hybridized carbons (Fsp3) is 0.286. The lowest BCUT2D eigenvalue weighted by Crippen LogP contribution is -2.35. The fourth-order valence-corrected chi connectivity index (χ4v) is 3.81. The Bertz CT molecular complexity index is 1030. The smallest absolute Gasteiger partial charge is 0.389 e. The number of hydrogen-bond acceptors (Lipinski definition) is 4. The molecule has 0 bridgehead atoms. The molecule has 0 saturated carbocycles. The SMILES string of the molecule is COc1cccc(C(Nc2cccc3nc(C)ccc23)C2(CCl)OC2(F)F)c1. The van der Waals surface area contributed by atoms with Gasteiger partial charge in [0.1, 0.15) is 5.75 Å². The number of fused-ring (bicyclic) bond motifs is 1. The van der Waals surface area contributed by atoms with Gasteiger partial charge in [-0.3, -0.25) is 9.72 Å². The summed E-state index contributed by atoms with van der Waals surface area (Å²) in [5.41, 5.74) is 1.07.